The Balaban J connectivity index is 2.16. The van der Waals surface area contributed by atoms with Crippen molar-refractivity contribution in [2.75, 3.05) is 6.54 Å². The fourth-order valence-corrected chi connectivity index (χ4v) is 1.92. The summed E-state index contributed by atoms with van der Waals surface area (Å²) < 4.78 is 0. The van der Waals surface area contributed by atoms with Crippen LogP contribution in [-0.2, 0) is 4.79 Å². The number of amides is 1. The van der Waals surface area contributed by atoms with Crippen LogP contribution in [0.1, 0.15) is 17.4 Å². The van der Waals surface area contributed by atoms with E-state index in [2.05, 4.69) is 4.98 Å². The number of carboxylic acids is 1. The van der Waals surface area contributed by atoms with Gasteiger partial charge in [-0.25, -0.2) is 4.79 Å². The highest BCUT2D eigenvalue weighted by atomic mass is 16.4. The molecule has 0 spiro atoms. The molecule has 16 heavy (non-hydrogen) atoms. The largest absolute Gasteiger partial charge is 0.480 e. The SMILES string of the molecule is CC1CN(C(=O)c2ccccn2)C1C(=O)O. The lowest BCUT2D eigenvalue weighted by molar-refractivity contribution is -0.149. The van der Waals surface area contributed by atoms with E-state index in [1.807, 2.05) is 6.92 Å². The molecule has 2 unspecified atom stereocenters. The Labute approximate surface area is 92.7 Å². The number of carbonyl (C=O) groups excluding carboxylic acids is 1. The molecule has 1 aliphatic heterocycles. The standard InChI is InChI=1S/C11H12N2O3/c1-7-6-13(9(7)11(15)16)10(14)8-4-2-3-5-12-8/h2-5,7,9H,6H2,1H3,(H,15,16). The van der Waals surface area contributed by atoms with Crippen molar-refractivity contribution in [2.24, 2.45) is 5.92 Å². The number of hydrogen-bond donors (Lipinski definition) is 1. The molecule has 0 radical (unpaired) electrons. The molecule has 1 saturated heterocycles. The molecule has 1 fully saturated rings. The van der Waals surface area contributed by atoms with E-state index in [1.54, 1.807) is 18.2 Å². The lowest BCUT2D eigenvalue weighted by atomic mass is 9.90. The third kappa shape index (κ3) is 1.64. The van der Waals surface area contributed by atoms with E-state index >= 15 is 0 Å². The maximum absolute atomic E-state index is 11.9. The van der Waals surface area contributed by atoms with Gasteiger partial charge in [0.05, 0.1) is 0 Å². The Bertz CT molecular complexity index is 418. The first-order valence-electron chi connectivity index (χ1n) is 5.06. The first kappa shape index (κ1) is 10.6. The Morgan fingerprint density at radius 2 is 2.25 bits per heavy atom. The van der Waals surface area contributed by atoms with Crippen LogP contribution in [0.3, 0.4) is 0 Å². The number of pyridine rings is 1. The fourth-order valence-electron chi connectivity index (χ4n) is 1.92. The van der Waals surface area contributed by atoms with E-state index in [9.17, 15) is 9.59 Å². The van der Waals surface area contributed by atoms with Crippen molar-refractivity contribution in [2.45, 2.75) is 13.0 Å². The number of aromatic nitrogens is 1. The maximum atomic E-state index is 11.9. The van der Waals surface area contributed by atoms with Crippen molar-refractivity contribution in [1.29, 1.82) is 0 Å². The Morgan fingerprint density at radius 3 is 2.75 bits per heavy atom. The zero-order chi connectivity index (χ0) is 11.7. The molecular formula is C11H12N2O3. The predicted octanol–water partition coefficient (Wildman–Crippen LogP) is 0.627. The van der Waals surface area contributed by atoms with Crippen LogP contribution in [0, 0.1) is 5.92 Å². The molecular weight excluding hydrogens is 208 g/mol. The number of rotatable bonds is 2. The molecule has 1 amide bonds. The zero-order valence-corrected chi connectivity index (χ0v) is 8.83. The second-order valence-corrected chi connectivity index (χ2v) is 3.93. The second kappa shape index (κ2) is 3.92. The van der Waals surface area contributed by atoms with E-state index in [0.29, 0.717) is 12.2 Å². The third-order valence-electron chi connectivity index (χ3n) is 2.76. The van der Waals surface area contributed by atoms with Crippen LogP contribution in [0.4, 0.5) is 0 Å². The molecule has 1 aromatic heterocycles. The summed E-state index contributed by atoms with van der Waals surface area (Å²) >= 11 is 0. The van der Waals surface area contributed by atoms with Gasteiger partial charge < -0.3 is 10.0 Å². The van der Waals surface area contributed by atoms with Gasteiger partial charge in [-0.2, -0.15) is 0 Å². The fraction of sp³-hybridized carbons (Fsp3) is 0.364. The highest BCUT2D eigenvalue weighted by Crippen LogP contribution is 2.26. The second-order valence-electron chi connectivity index (χ2n) is 3.93. The van der Waals surface area contributed by atoms with Crippen molar-refractivity contribution < 1.29 is 14.7 Å². The van der Waals surface area contributed by atoms with Gasteiger partial charge in [-0.1, -0.05) is 13.0 Å². The highest BCUT2D eigenvalue weighted by Gasteiger charge is 2.44. The molecule has 2 heterocycles. The molecule has 2 rings (SSSR count). The molecule has 0 saturated carbocycles. The Hall–Kier alpha value is -1.91. The molecule has 1 aliphatic rings. The van der Waals surface area contributed by atoms with Crippen LogP contribution >= 0.6 is 0 Å². The summed E-state index contributed by atoms with van der Waals surface area (Å²) in [5.41, 5.74) is 0.292. The minimum Gasteiger partial charge on any atom is -0.480 e. The number of carboxylic acid groups (broad SMARTS) is 1. The van der Waals surface area contributed by atoms with Crippen molar-refractivity contribution in [1.82, 2.24) is 9.88 Å². The molecule has 0 aliphatic carbocycles. The van der Waals surface area contributed by atoms with Gasteiger partial charge in [-0.05, 0) is 12.1 Å². The van der Waals surface area contributed by atoms with Gasteiger partial charge in [0.2, 0.25) is 0 Å². The number of hydrogen-bond acceptors (Lipinski definition) is 3. The van der Waals surface area contributed by atoms with Gasteiger partial charge >= 0.3 is 5.97 Å². The van der Waals surface area contributed by atoms with Crippen LogP contribution in [0.5, 0.6) is 0 Å². The van der Waals surface area contributed by atoms with Crippen molar-refractivity contribution in [3.05, 3.63) is 30.1 Å². The van der Waals surface area contributed by atoms with Crippen molar-refractivity contribution >= 4 is 11.9 Å². The predicted molar refractivity (Wildman–Crippen MR) is 55.9 cm³/mol. The smallest absolute Gasteiger partial charge is 0.326 e. The molecule has 2 atom stereocenters. The summed E-state index contributed by atoms with van der Waals surface area (Å²) in [6.45, 7) is 2.30. The van der Waals surface area contributed by atoms with Gasteiger partial charge in [-0.15, -0.1) is 0 Å². The topological polar surface area (TPSA) is 70.5 Å². The highest BCUT2D eigenvalue weighted by molar-refractivity contribution is 5.96. The monoisotopic (exact) mass is 220 g/mol. The number of carbonyl (C=O) groups is 2. The third-order valence-corrected chi connectivity index (χ3v) is 2.76. The molecule has 1 aromatic rings. The lowest BCUT2D eigenvalue weighted by Gasteiger charge is -2.43. The van der Waals surface area contributed by atoms with Crippen LogP contribution in [0.25, 0.3) is 0 Å². The summed E-state index contributed by atoms with van der Waals surface area (Å²) in [6.07, 6.45) is 1.52. The van der Waals surface area contributed by atoms with Gasteiger partial charge in [0.1, 0.15) is 11.7 Å². The lowest BCUT2D eigenvalue weighted by Crippen LogP contribution is -2.61. The van der Waals surface area contributed by atoms with E-state index in [-0.39, 0.29) is 11.8 Å². The average molecular weight is 220 g/mol. The molecule has 0 bridgehead atoms. The first-order valence-corrected chi connectivity index (χ1v) is 5.06. The van der Waals surface area contributed by atoms with Crippen molar-refractivity contribution in [3.8, 4) is 0 Å². The Morgan fingerprint density at radius 1 is 1.50 bits per heavy atom. The van der Waals surface area contributed by atoms with Crippen LogP contribution in [0.2, 0.25) is 0 Å². The van der Waals surface area contributed by atoms with Crippen LogP contribution in [0.15, 0.2) is 24.4 Å². The van der Waals surface area contributed by atoms with E-state index in [4.69, 9.17) is 5.11 Å². The van der Waals surface area contributed by atoms with E-state index < -0.39 is 12.0 Å². The van der Waals surface area contributed by atoms with Crippen LogP contribution < -0.4 is 0 Å². The minimum atomic E-state index is -0.956. The molecule has 5 heteroatoms. The molecule has 1 N–H and O–H groups in total. The molecule has 84 valence electrons. The van der Waals surface area contributed by atoms with Gasteiger partial charge in [-0.3, -0.25) is 9.78 Å². The van der Waals surface area contributed by atoms with Crippen molar-refractivity contribution in [3.63, 3.8) is 0 Å². The molecule has 0 aromatic carbocycles. The van der Waals surface area contributed by atoms with Gasteiger partial charge in [0.25, 0.3) is 5.91 Å². The van der Waals surface area contributed by atoms with E-state index in [1.165, 1.54) is 11.1 Å². The number of likely N-dealkylation sites (tertiary alicyclic amines) is 1. The summed E-state index contributed by atoms with van der Waals surface area (Å²) in [7, 11) is 0. The minimum absolute atomic E-state index is 0.00478. The summed E-state index contributed by atoms with van der Waals surface area (Å²) in [4.78, 5) is 28.1. The average Bonchev–Trinajstić information content (AvgIpc) is 2.25. The first-order chi connectivity index (χ1) is 7.61. The van der Waals surface area contributed by atoms with Crippen LogP contribution in [-0.4, -0.2) is 39.5 Å². The maximum Gasteiger partial charge on any atom is 0.326 e. The normalized spacial score (nSPS) is 23.7. The molecule has 5 nitrogen and oxygen atoms in total. The van der Waals surface area contributed by atoms with Gasteiger partial charge in [0.15, 0.2) is 0 Å². The van der Waals surface area contributed by atoms with E-state index in [0.717, 1.165) is 0 Å². The quantitative estimate of drug-likeness (QED) is 0.793. The zero-order valence-electron chi connectivity index (χ0n) is 8.83. The summed E-state index contributed by atoms with van der Waals surface area (Å²) in [6, 6.07) is 4.29. The summed E-state index contributed by atoms with van der Waals surface area (Å²) in [5.74, 6) is -1.26. The van der Waals surface area contributed by atoms with Gasteiger partial charge in [0, 0.05) is 18.7 Å². The summed E-state index contributed by atoms with van der Waals surface area (Å²) in [5, 5.41) is 8.96. The Kier molecular flexibility index (Phi) is 2.60. The number of nitrogens with zero attached hydrogens (tertiary/aromatic N) is 2. The number of aliphatic carboxylic acids is 1.